The van der Waals surface area contributed by atoms with Crippen LogP contribution in [0.5, 0.6) is 0 Å². The minimum Gasteiger partial charge on any atom is -0.466 e. The monoisotopic (exact) mass is 774 g/mol. The lowest BCUT2D eigenvalue weighted by atomic mass is 10.1. The molecule has 0 aliphatic rings. The molecule has 1 amide bonds. The average molecular weight is 774 g/mol. The lowest BCUT2D eigenvalue weighted by Gasteiger charge is -2.20. The Bertz CT molecular complexity index is 900. The predicted octanol–water partition coefficient (Wildman–Crippen LogP) is 13.7. The molecule has 3 N–H and O–H groups in total. The number of rotatable bonds is 43. The minimum absolute atomic E-state index is 0.0217. The summed E-state index contributed by atoms with van der Waals surface area (Å²) in [5, 5.41) is 22.9. The number of hydrogen-bond acceptors (Lipinski definition) is 5. The summed E-state index contributed by atoms with van der Waals surface area (Å²) in [6, 6.07) is -0.637. The number of carbonyl (C=O) groups is 2. The Kier molecular flexibility index (Phi) is 43.2. The SMILES string of the molecule is CCCCCC/C=C\CCCCCCCC(=O)OCCCCCC/C=C\CCCCCCCCCC(=O)NC(CO)C(O)/C=C/CCCCCCCCCC. The van der Waals surface area contributed by atoms with Gasteiger partial charge in [0.25, 0.3) is 0 Å². The molecular formula is C49H91NO5. The average Bonchev–Trinajstić information content (AvgIpc) is 3.18. The minimum atomic E-state index is -0.852. The van der Waals surface area contributed by atoms with E-state index in [0.717, 1.165) is 70.6 Å². The second-order valence-corrected chi connectivity index (χ2v) is 16.1. The number of aliphatic hydroxyl groups is 2. The predicted molar refractivity (Wildman–Crippen MR) is 236 cm³/mol. The van der Waals surface area contributed by atoms with Crippen LogP contribution in [0.2, 0.25) is 0 Å². The fourth-order valence-corrected chi connectivity index (χ4v) is 6.91. The third-order valence-corrected chi connectivity index (χ3v) is 10.6. The number of aliphatic hydroxyl groups excluding tert-OH is 2. The molecule has 6 nitrogen and oxygen atoms in total. The van der Waals surface area contributed by atoms with Crippen molar-refractivity contribution in [3.8, 4) is 0 Å². The van der Waals surface area contributed by atoms with Crippen LogP contribution in [0.3, 0.4) is 0 Å². The lowest BCUT2D eigenvalue weighted by molar-refractivity contribution is -0.143. The molecule has 2 unspecified atom stereocenters. The number of carbonyl (C=O) groups excluding carboxylic acids is 2. The smallest absolute Gasteiger partial charge is 0.305 e. The Morgan fingerprint density at radius 2 is 0.855 bits per heavy atom. The molecule has 322 valence electrons. The number of unbranched alkanes of at least 4 members (excludes halogenated alkanes) is 28. The molecule has 55 heavy (non-hydrogen) atoms. The zero-order valence-corrected chi connectivity index (χ0v) is 36.4. The van der Waals surface area contributed by atoms with Gasteiger partial charge in [-0.15, -0.1) is 0 Å². The highest BCUT2D eigenvalue weighted by molar-refractivity contribution is 5.76. The molecule has 6 heteroatoms. The molecule has 0 spiro atoms. The number of hydrogen-bond donors (Lipinski definition) is 3. The van der Waals surface area contributed by atoms with Gasteiger partial charge < -0.3 is 20.3 Å². The lowest BCUT2D eigenvalue weighted by Crippen LogP contribution is -2.45. The van der Waals surface area contributed by atoms with E-state index in [4.69, 9.17) is 4.74 Å². The van der Waals surface area contributed by atoms with Gasteiger partial charge in [-0.3, -0.25) is 9.59 Å². The molecule has 0 aliphatic heterocycles. The van der Waals surface area contributed by atoms with E-state index < -0.39 is 12.1 Å². The summed E-state index contributed by atoms with van der Waals surface area (Å²) >= 11 is 0. The van der Waals surface area contributed by atoms with Crippen molar-refractivity contribution in [2.24, 2.45) is 0 Å². The summed E-state index contributed by atoms with van der Waals surface area (Å²) in [4.78, 5) is 24.3. The number of ether oxygens (including phenoxy) is 1. The van der Waals surface area contributed by atoms with Crippen molar-refractivity contribution < 1.29 is 24.5 Å². The first-order valence-corrected chi connectivity index (χ1v) is 23.8. The van der Waals surface area contributed by atoms with Crippen LogP contribution >= 0.6 is 0 Å². The maximum atomic E-state index is 12.4. The summed E-state index contributed by atoms with van der Waals surface area (Å²) in [6.45, 7) is 4.81. The van der Waals surface area contributed by atoms with Crippen LogP contribution in [0.15, 0.2) is 36.5 Å². The highest BCUT2D eigenvalue weighted by Gasteiger charge is 2.18. The third-order valence-electron chi connectivity index (χ3n) is 10.6. The van der Waals surface area contributed by atoms with E-state index in [1.807, 2.05) is 6.08 Å². The molecule has 0 aliphatic carbocycles. The van der Waals surface area contributed by atoms with Gasteiger partial charge in [0.1, 0.15) is 0 Å². The Balaban J connectivity index is 3.51. The Labute approximate surface area is 341 Å². The van der Waals surface area contributed by atoms with Crippen LogP contribution < -0.4 is 5.32 Å². The van der Waals surface area contributed by atoms with Gasteiger partial charge in [0.15, 0.2) is 0 Å². The highest BCUT2D eigenvalue weighted by Crippen LogP contribution is 2.13. The van der Waals surface area contributed by atoms with Crippen LogP contribution in [-0.2, 0) is 14.3 Å². The molecule has 0 fully saturated rings. The Morgan fingerprint density at radius 3 is 1.31 bits per heavy atom. The van der Waals surface area contributed by atoms with E-state index in [2.05, 4.69) is 43.5 Å². The van der Waals surface area contributed by atoms with Crippen molar-refractivity contribution in [3.63, 3.8) is 0 Å². The summed E-state index contributed by atoms with van der Waals surface area (Å²) in [5.41, 5.74) is 0. The Morgan fingerprint density at radius 1 is 0.491 bits per heavy atom. The topological polar surface area (TPSA) is 95.9 Å². The first-order chi connectivity index (χ1) is 27.0. The van der Waals surface area contributed by atoms with Crippen LogP contribution in [-0.4, -0.2) is 47.4 Å². The van der Waals surface area contributed by atoms with E-state index >= 15 is 0 Å². The maximum absolute atomic E-state index is 12.4. The first-order valence-electron chi connectivity index (χ1n) is 23.8. The largest absolute Gasteiger partial charge is 0.466 e. The van der Waals surface area contributed by atoms with Gasteiger partial charge >= 0.3 is 5.97 Å². The third kappa shape index (κ3) is 41.5. The summed E-state index contributed by atoms with van der Waals surface area (Å²) < 4.78 is 5.43. The standard InChI is InChI=1S/C49H91NO5/c1-3-5-7-9-11-13-15-19-23-27-31-35-39-43-49(54)55-44-40-36-32-28-24-21-18-16-17-20-22-26-30-34-38-42-48(53)50-46(45-51)47(52)41-37-33-29-25-14-12-10-8-6-4-2/h13,15,18,21,37,41,46-47,51-52H,3-12,14,16-17,19-20,22-36,38-40,42-45H2,1-2H3,(H,50,53)/b15-13-,21-18-,41-37+. The second-order valence-electron chi connectivity index (χ2n) is 16.1. The van der Waals surface area contributed by atoms with E-state index in [-0.39, 0.29) is 18.5 Å². The molecule has 0 saturated heterocycles. The number of esters is 1. The first kappa shape index (κ1) is 53.1. The quantitative estimate of drug-likeness (QED) is 0.0326. The fourth-order valence-electron chi connectivity index (χ4n) is 6.91. The summed E-state index contributed by atoms with van der Waals surface area (Å²) in [7, 11) is 0. The van der Waals surface area contributed by atoms with Gasteiger partial charge in [-0.1, -0.05) is 179 Å². The van der Waals surface area contributed by atoms with Crippen molar-refractivity contribution in [1.82, 2.24) is 5.32 Å². The van der Waals surface area contributed by atoms with Gasteiger partial charge in [0, 0.05) is 12.8 Å². The summed E-state index contributed by atoms with van der Waals surface area (Å²) in [5.74, 6) is -0.109. The second kappa shape index (κ2) is 44.8. The molecule has 0 heterocycles. The molecular weight excluding hydrogens is 683 g/mol. The van der Waals surface area contributed by atoms with Crippen molar-refractivity contribution in [3.05, 3.63) is 36.5 Å². The van der Waals surface area contributed by atoms with E-state index in [0.29, 0.717) is 19.4 Å². The van der Waals surface area contributed by atoms with Gasteiger partial charge in [0.2, 0.25) is 5.91 Å². The van der Waals surface area contributed by atoms with Gasteiger partial charge in [-0.2, -0.15) is 0 Å². The molecule has 0 rings (SSSR count). The Hall–Kier alpha value is -1.92. The van der Waals surface area contributed by atoms with Crippen LogP contribution in [0.4, 0.5) is 0 Å². The normalized spacial score (nSPS) is 13.0. The van der Waals surface area contributed by atoms with Crippen molar-refractivity contribution in [2.45, 2.75) is 251 Å². The molecule has 0 aromatic carbocycles. The number of nitrogens with one attached hydrogen (secondary N) is 1. The van der Waals surface area contributed by atoms with Crippen LogP contribution in [0.1, 0.15) is 239 Å². The van der Waals surface area contributed by atoms with E-state index in [1.54, 1.807) is 6.08 Å². The zero-order valence-electron chi connectivity index (χ0n) is 36.4. The van der Waals surface area contributed by atoms with Gasteiger partial charge in [-0.05, 0) is 83.5 Å². The summed E-state index contributed by atoms with van der Waals surface area (Å²) in [6.07, 6.45) is 52.8. The molecule has 0 aromatic rings. The van der Waals surface area contributed by atoms with Crippen molar-refractivity contribution >= 4 is 11.9 Å². The highest BCUT2D eigenvalue weighted by atomic mass is 16.5. The molecule has 0 saturated carbocycles. The van der Waals surface area contributed by atoms with Crippen LogP contribution in [0, 0.1) is 0 Å². The molecule has 0 bridgehead atoms. The van der Waals surface area contributed by atoms with Crippen LogP contribution in [0.25, 0.3) is 0 Å². The van der Waals surface area contributed by atoms with Gasteiger partial charge in [0.05, 0.1) is 25.4 Å². The molecule has 2 atom stereocenters. The molecule has 0 aromatic heterocycles. The van der Waals surface area contributed by atoms with E-state index in [1.165, 1.54) is 141 Å². The van der Waals surface area contributed by atoms with E-state index in [9.17, 15) is 19.8 Å². The zero-order chi connectivity index (χ0) is 40.1. The fraction of sp³-hybridized carbons (Fsp3) is 0.837. The number of amides is 1. The van der Waals surface area contributed by atoms with Gasteiger partial charge in [-0.25, -0.2) is 0 Å². The van der Waals surface area contributed by atoms with Crippen molar-refractivity contribution in [2.75, 3.05) is 13.2 Å². The number of allylic oxidation sites excluding steroid dienone is 5. The molecule has 0 radical (unpaired) electrons. The van der Waals surface area contributed by atoms with Crippen molar-refractivity contribution in [1.29, 1.82) is 0 Å². The maximum Gasteiger partial charge on any atom is 0.305 e.